The lowest BCUT2D eigenvalue weighted by molar-refractivity contribution is 0.140. The first kappa shape index (κ1) is 13.4. The largest absolute Gasteiger partial charge is 0.389 e. The molecule has 2 heterocycles. The van der Waals surface area contributed by atoms with Gasteiger partial charge in [-0.15, -0.1) is 10.2 Å². The summed E-state index contributed by atoms with van der Waals surface area (Å²) in [5.74, 6) is 0.621. The zero-order valence-electron chi connectivity index (χ0n) is 10.3. The number of halogens is 2. The van der Waals surface area contributed by atoms with E-state index < -0.39 is 0 Å². The third-order valence-electron chi connectivity index (χ3n) is 3.05. The average Bonchev–Trinajstić information content (AvgIpc) is 2.39. The Labute approximate surface area is 125 Å². The molecule has 1 aliphatic rings. The SMILES string of the molecule is Nc1nc(N2CC(O)C2)nnc1-c1cccc(Cl)c1Cl. The van der Waals surface area contributed by atoms with E-state index >= 15 is 0 Å². The van der Waals surface area contributed by atoms with E-state index in [0.29, 0.717) is 40.3 Å². The fraction of sp³-hybridized carbons (Fsp3) is 0.250. The van der Waals surface area contributed by atoms with Crippen LogP contribution < -0.4 is 10.6 Å². The van der Waals surface area contributed by atoms with E-state index in [4.69, 9.17) is 28.9 Å². The molecule has 1 aromatic heterocycles. The molecule has 0 radical (unpaired) electrons. The minimum absolute atomic E-state index is 0.223. The number of nitrogens with zero attached hydrogens (tertiary/aromatic N) is 4. The van der Waals surface area contributed by atoms with Gasteiger partial charge in [0.25, 0.3) is 0 Å². The van der Waals surface area contributed by atoms with Crippen molar-refractivity contribution in [1.82, 2.24) is 15.2 Å². The third-order valence-corrected chi connectivity index (χ3v) is 3.87. The maximum atomic E-state index is 9.27. The quantitative estimate of drug-likeness (QED) is 0.876. The fourth-order valence-electron chi connectivity index (χ4n) is 1.96. The molecule has 104 valence electrons. The molecule has 20 heavy (non-hydrogen) atoms. The van der Waals surface area contributed by atoms with Crippen LogP contribution in [0.4, 0.5) is 11.8 Å². The Morgan fingerprint density at radius 2 is 2.00 bits per heavy atom. The van der Waals surface area contributed by atoms with Crippen LogP contribution in [0, 0.1) is 0 Å². The number of nitrogen functional groups attached to an aromatic ring is 1. The van der Waals surface area contributed by atoms with Crippen molar-refractivity contribution in [2.45, 2.75) is 6.10 Å². The van der Waals surface area contributed by atoms with Gasteiger partial charge in [0.1, 0.15) is 5.69 Å². The second-order valence-corrected chi connectivity index (χ2v) is 5.29. The van der Waals surface area contributed by atoms with Crippen LogP contribution in [0.1, 0.15) is 0 Å². The van der Waals surface area contributed by atoms with Crippen LogP contribution in [0.3, 0.4) is 0 Å². The molecule has 0 unspecified atom stereocenters. The first-order valence-electron chi connectivity index (χ1n) is 5.94. The molecule has 8 heteroatoms. The van der Waals surface area contributed by atoms with E-state index in [1.165, 1.54) is 0 Å². The van der Waals surface area contributed by atoms with E-state index in [-0.39, 0.29) is 11.9 Å². The predicted molar refractivity (Wildman–Crippen MR) is 77.9 cm³/mol. The van der Waals surface area contributed by atoms with Gasteiger partial charge >= 0.3 is 0 Å². The van der Waals surface area contributed by atoms with E-state index in [2.05, 4.69) is 15.2 Å². The minimum atomic E-state index is -0.345. The fourth-order valence-corrected chi connectivity index (χ4v) is 2.35. The van der Waals surface area contributed by atoms with Gasteiger partial charge in [-0.05, 0) is 6.07 Å². The maximum absolute atomic E-state index is 9.27. The highest BCUT2D eigenvalue weighted by atomic mass is 35.5. The van der Waals surface area contributed by atoms with Crippen molar-refractivity contribution in [1.29, 1.82) is 0 Å². The number of aliphatic hydroxyl groups is 1. The summed E-state index contributed by atoms with van der Waals surface area (Å²) in [6.45, 7) is 0.969. The second-order valence-electron chi connectivity index (χ2n) is 4.51. The van der Waals surface area contributed by atoms with E-state index in [1.54, 1.807) is 23.1 Å². The smallest absolute Gasteiger partial charge is 0.247 e. The van der Waals surface area contributed by atoms with Crippen LogP contribution in [0.5, 0.6) is 0 Å². The van der Waals surface area contributed by atoms with E-state index in [9.17, 15) is 5.11 Å². The first-order valence-corrected chi connectivity index (χ1v) is 6.69. The summed E-state index contributed by atoms with van der Waals surface area (Å²) in [5, 5.41) is 18.1. The number of hydrogen-bond donors (Lipinski definition) is 2. The zero-order chi connectivity index (χ0) is 14.3. The molecule has 6 nitrogen and oxygen atoms in total. The Morgan fingerprint density at radius 1 is 1.25 bits per heavy atom. The van der Waals surface area contributed by atoms with Gasteiger partial charge in [-0.25, -0.2) is 0 Å². The first-order chi connectivity index (χ1) is 9.56. The number of aromatic nitrogens is 3. The molecule has 0 bridgehead atoms. The highest BCUT2D eigenvalue weighted by Gasteiger charge is 2.27. The maximum Gasteiger partial charge on any atom is 0.247 e. The Bertz CT molecular complexity index is 660. The second kappa shape index (κ2) is 5.05. The molecule has 3 rings (SSSR count). The summed E-state index contributed by atoms with van der Waals surface area (Å²) in [5.41, 5.74) is 6.90. The molecular weight excluding hydrogens is 301 g/mol. The van der Waals surface area contributed by atoms with Crippen LogP contribution in [-0.4, -0.2) is 39.5 Å². The number of nitrogens with two attached hydrogens (primary N) is 1. The Balaban J connectivity index is 1.97. The number of rotatable bonds is 2. The van der Waals surface area contributed by atoms with Crippen molar-refractivity contribution < 1.29 is 5.11 Å². The summed E-state index contributed by atoms with van der Waals surface area (Å²) in [4.78, 5) is 5.98. The normalized spacial score (nSPS) is 15.2. The van der Waals surface area contributed by atoms with Gasteiger partial charge < -0.3 is 15.7 Å². The number of anilines is 2. The van der Waals surface area contributed by atoms with Crippen molar-refractivity contribution in [3.63, 3.8) is 0 Å². The molecule has 0 spiro atoms. The molecule has 1 fully saturated rings. The number of aliphatic hydroxyl groups excluding tert-OH is 1. The lowest BCUT2D eigenvalue weighted by Crippen LogP contribution is -2.51. The van der Waals surface area contributed by atoms with Gasteiger partial charge in [-0.1, -0.05) is 35.3 Å². The van der Waals surface area contributed by atoms with Crippen molar-refractivity contribution in [2.75, 3.05) is 23.7 Å². The van der Waals surface area contributed by atoms with Crippen molar-refractivity contribution in [3.05, 3.63) is 28.2 Å². The Hall–Kier alpha value is -1.63. The summed E-state index contributed by atoms with van der Waals surface area (Å²) in [6.07, 6.45) is -0.345. The highest BCUT2D eigenvalue weighted by molar-refractivity contribution is 6.43. The lowest BCUT2D eigenvalue weighted by Gasteiger charge is -2.35. The van der Waals surface area contributed by atoms with Crippen LogP contribution >= 0.6 is 23.2 Å². The summed E-state index contributed by atoms with van der Waals surface area (Å²) in [6, 6.07) is 5.19. The van der Waals surface area contributed by atoms with Crippen molar-refractivity contribution >= 4 is 35.0 Å². The van der Waals surface area contributed by atoms with Crippen molar-refractivity contribution in [3.8, 4) is 11.3 Å². The lowest BCUT2D eigenvalue weighted by atomic mass is 10.1. The van der Waals surface area contributed by atoms with Gasteiger partial charge in [0.15, 0.2) is 5.82 Å². The topological polar surface area (TPSA) is 88.2 Å². The van der Waals surface area contributed by atoms with Crippen LogP contribution in [0.15, 0.2) is 18.2 Å². The molecule has 1 aliphatic heterocycles. The molecule has 1 aromatic carbocycles. The van der Waals surface area contributed by atoms with Gasteiger partial charge in [-0.2, -0.15) is 4.98 Å². The minimum Gasteiger partial charge on any atom is -0.389 e. The van der Waals surface area contributed by atoms with Gasteiger partial charge in [0.05, 0.1) is 16.1 Å². The number of β-amino-alcohol motifs (C(OH)–C–C–N with tert-alkyl or cyclic N) is 1. The third kappa shape index (κ3) is 2.26. The molecule has 0 saturated carbocycles. The molecule has 0 atom stereocenters. The van der Waals surface area contributed by atoms with E-state index in [0.717, 1.165) is 0 Å². The molecule has 0 amide bonds. The summed E-state index contributed by atoms with van der Waals surface area (Å²) < 4.78 is 0. The predicted octanol–water partition coefficient (Wildman–Crippen LogP) is 1.61. The highest BCUT2D eigenvalue weighted by Crippen LogP contribution is 2.34. The van der Waals surface area contributed by atoms with Gasteiger partial charge in [-0.3, -0.25) is 0 Å². The van der Waals surface area contributed by atoms with Crippen LogP contribution in [0.25, 0.3) is 11.3 Å². The standard InChI is InChI=1S/C12H11Cl2N5O/c13-8-3-1-2-7(9(8)14)10-11(15)16-12(18-17-10)19-4-6(20)5-19/h1-3,6,20H,4-5H2,(H2,15,16,18). The average molecular weight is 312 g/mol. The van der Waals surface area contributed by atoms with Crippen LogP contribution in [0.2, 0.25) is 10.0 Å². The zero-order valence-corrected chi connectivity index (χ0v) is 11.8. The van der Waals surface area contributed by atoms with E-state index in [1.807, 2.05) is 0 Å². The Morgan fingerprint density at radius 3 is 2.65 bits per heavy atom. The van der Waals surface area contributed by atoms with Gasteiger partial charge in [0, 0.05) is 18.7 Å². The summed E-state index contributed by atoms with van der Waals surface area (Å²) >= 11 is 12.1. The molecule has 1 saturated heterocycles. The number of hydrogen-bond acceptors (Lipinski definition) is 6. The molecule has 2 aromatic rings. The number of benzene rings is 1. The summed E-state index contributed by atoms with van der Waals surface area (Å²) in [7, 11) is 0. The molecule has 3 N–H and O–H groups in total. The van der Waals surface area contributed by atoms with Crippen LogP contribution in [-0.2, 0) is 0 Å². The monoisotopic (exact) mass is 311 g/mol. The Kier molecular flexibility index (Phi) is 3.37. The van der Waals surface area contributed by atoms with Gasteiger partial charge in [0.2, 0.25) is 5.95 Å². The molecule has 0 aliphatic carbocycles. The molecular formula is C12H11Cl2N5O. The van der Waals surface area contributed by atoms with Crippen molar-refractivity contribution in [2.24, 2.45) is 0 Å².